The van der Waals surface area contributed by atoms with Crippen molar-refractivity contribution in [3.8, 4) is 16.8 Å². The van der Waals surface area contributed by atoms with Gasteiger partial charge in [0.15, 0.2) is 0 Å². The molecule has 1 saturated carbocycles. The highest BCUT2D eigenvalue weighted by Crippen LogP contribution is 2.24. The summed E-state index contributed by atoms with van der Waals surface area (Å²) in [5.74, 6) is -0.648. The molecule has 0 saturated heterocycles. The fourth-order valence-corrected chi connectivity index (χ4v) is 3.60. The fourth-order valence-electron chi connectivity index (χ4n) is 3.48. The van der Waals surface area contributed by atoms with Crippen molar-refractivity contribution in [2.45, 2.75) is 31.4 Å². The van der Waals surface area contributed by atoms with E-state index >= 15 is 0 Å². The molecule has 0 unspecified atom stereocenters. The average Bonchev–Trinajstić information content (AvgIpc) is 3.38. The molecule has 2 atom stereocenters. The van der Waals surface area contributed by atoms with Crippen molar-refractivity contribution in [1.29, 1.82) is 0 Å². The standard InChI is InChI=1S/C20H20ClN5O3/c1-25-11-14(9-22-25)26-20(29)18(19(28)24-16-3-2-4-17(16)27)15(10-23-26)12-5-7-13(21)8-6-12/h5-11,16-17,27H,2-4H2,1H3,(H,24,28)/t16-,17-/m1/s1/i1D3. The Bertz CT molecular complexity index is 1210. The van der Waals surface area contributed by atoms with Gasteiger partial charge in [0.05, 0.1) is 30.7 Å². The number of nitrogens with zero attached hydrogens (tertiary/aromatic N) is 4. The number of aliphatic hydroxyl groups excluding tert-OH is 1. The van der Waals surface area contributed by atoms with Crippen molar-refractivity contribution in [2.75, 3.05) is 0 Å². The molecule has 0 aliphatic heterocycles. The van der Waals surface area contributed by atoms with E-state index in [0.717, 1.165) is 22.0 Å². The number of halogens is 1. The third-order valence-electron chi connectivity index (χ3n) is 4.97. The van der Waals surface area contributed by atoms with E-state index in [1.54, 1.807) is 24.3 Å². The van der Waals surface area contributed by atoms with Gasteiger partial charge in [-0.2, -0.15) is 14.9 Å². The summed E-state index contributed by atoms with van der Waals surface area (Å²) in [5.41, 5.74) is 0.0249. The van der Waals surface area contributed by atoms with Crippen LogP contribution in [0.2, 0.25) is 5.02 Å². The van der Waals surface area contributed by atoms with E-state index in [-0.39, 0.29) is 16.8 Å². The zero-order chi connectivity index (χ0) is 23.0. The van der Waals surface area contributed by atoms with Gasteiger partial charge in [-0.15, -0.1) is 0 Å². The van der Waals surface area contributed by atoms with E-state index in [1.807, 2.05) is 0 Å². The number of nitrogens with one attached hydrogen (secondary N) is 1. The maximum Gasteiger partial charge on any atom is 0.285 e. The van der Waals surface area contributed by atoms with Gasteiger partial charge in [-0.25, -0.2) is 0 Å². The molecule has 3 aromatic rings. The number of hydrogen-bond acceptors (Lipinski definition) is 5. The molecule has 2 heterocycles. The molecule has 2 aromatic heterocycles. The van der Waals surface area contributed by atoms with E-state index in [2.05, 4.69) is 15.5 Å². The van der Waals surface area contributed by atoms with Gasteiger partial charge in [0.2, 0.25) is 0 Å². The smallest absolute Gasteiger partial charge is 0.285 e. The van der Waals surface area contributed by atoms with Gasteiger partial charge < -0.3 is 10.4 Å². The summed E-state index contributed by atoms with van der Waals surface area (Å²) in [6.07, 6.45) is 4.97. The molecule has 150 valence electrons. The zero-order valence-corrected chi connectivity index (χ0v) is 16.0. The molecule has 4 rings (SSSR count). The van der Waals surface area contributed by atoms with E-state index in [9.17, 15) is 14.7 Å². The average molecular weight is 417 g/mol. The van der Waals surface area contributed by atoms with Gasteiger partial charge in [0.1, 0.15) is 11.3 Å². The Morgan fingerprint density at radius 1 is 1.28 bits per heavy atom. The lowest BCUT2D eigenvalue weighted by Gasteiger charge is -2.18. The number of aromatic nitrogens is 4. The van der Waals surface area contributed by atoms with Crippen LogP contribution in [0.15, 0.2) is 47.7 Å². The van der Waals surface area contributed by atoms with Crippen molar-refractivity contribution in [2.24, 2.45) is 6.98 Å². The predicted molar refractivity (Wildman–Crippen MR) is 108 cm³/mol. The van der Waals surface area contributed by atoms with Crippen LogP contribution in [0.5, 0.6) is 0 Å². The zero-order valence-electron chi connectivity index (χ0n) is 18.2. The summed E-state index contributed by atoms with van der Waals surface area (Å²) in [4.78, 5) is 26.5. The third kappa shape index (κ3) is 3.81. The Labute approximate surface area is 176 Å². The van der Waals surface area contributed by atoms with E-state index < -0.39 is 30.6 Å². The molecule has 1 fully saturated rings. The molecule has 0 radical (unpaired) electrons. The van der Waals surface area contributed by atoms with Crippen LogP contribution in [0.25, 0.3) is 16.8 Å². The largest absolute Gasteiger partial charge is 0.391 e. The second kappa shape index (κ2) is 7.81. The van der Waals surface area contributed by atoms with Crippen LogP contribution in [0.1, 0.15) is 33.7 Å². The van der Waals surface area contributed by atoms with Crippen molar-refractivity contribution >= 4 is 17.5 Å². The van der Waals surface area contributed by atoms with Crippen LogP contribution >= 0.6 is 11.6 Å². The molecule has 1 aliphatic carbocycles. The van der Waals surface area contributed by atoms with Crippen LogP contribution in [0, 0.1) is 0 Å². The second-order valence-electron chi connectivity index (χ2n) is 6.88. The van der Waals surface area contributed by atoms with E-state index in [4.69, 9.17) is 15.7 Å². The van der Waals surface area contributed by atoms with Gasteiger partial charge in [-0.1, -0.05) is 23.7 Å². The predicted octanol–water partition coefficient (Wildman–Crippen LogP) is 1.93. The van der Waals surface area contributed by atoms with Gasteiger partial charge in [0.25, 0.3) is 11.5 Å². The number of aryl methyl sites for hydroxylation is 1. The van der Waals surface area contributed by atoms with Gasteiger partial charge >= 0.3 is 0 Å². The second-order valence-corrected chi connectivity index (χ2v) is 7.31. The SMILES string of the molecule is [2H]C([2H])([2H])n1cc(-n2ncc(-c3ccc(Cl)cc3)c(C(=O)N[C@@H]3CCC[C@H]3O)c2=O)cn1. The number of benzene rings is 1. The molecule has 1 aliphatic rings. The first-order valence-electron chi connectivity index (χ1n) is 10.6. The van der Waals surface area contributed by atoms with Crippen molar-refractivity contribution < 1.29 is 14.0 Å². The lowest BCUT2D eigenvalue weighted by molar-refractivity contribution is 0.0872. The van der Waals surface area contributed by atoms with Crippen LogP contribution < -0.4 is 10.9 Å². The minimum absolute atomic E-state index is 0.101. The third-order valence-corrected chi connectivity index (χ3v) is 5.22. The molecule has 9 heteroatoms. The molecule has 1 aromatic carbocycles. The van der Waals surface area contributed by atoms with Crippen LogP contribution in [-0.2, 0) is 6.98 Å². The minimum Gasteiger partial charge on any atom is -0.391 e. The summed E-state index contributed by atoms with van der Waals surface area (Å²) in [6.45, 7) is -2.52. The normalized spacial score (nSPS) is 20.7. The number of rotatable bonds is 4. The summed E-state index contributed by atoms with van der Waals surface area (Å²) in [6, 6.07) is 6.13. The Hall–Kier alpha value is -2.97. The van der Waals surface area contributed by atoms with Crippen molar-refractivity contribution in [3.63, 3.8) is 0 Å². The molecule has 1 amide bonds. The molecule has 0 bridgehead atoms. The number of carbonyl (C=O) groups excluding carboxylic acids is 1. The molecular weight excluding hydrogens is 394 g/mol. The quantitative estimate of drug-likeness (QED) is 0.676. The van der Waals surface area contributed by atoms with Gasteiger partial charge in [-0.05, 0) is 37.0 Å². The van der Waals surface area contributed by atoms with Crippen LogP contribution in [-0.4, -0.2) is 42.7 Å². The minimum atomic E-state index is -2.52. The van der Waals surface area contributed by atoms with Gasteiger partial charge in [0, 0.05) is 21.7 Å². The Balaban J connectivity index is 1.82. The summed E-state index contributed by atoms with van der Waals surface area (Å²) in [5, 5.41) is 21.2. The highest BCUT2D eigenvalue weighted by Gasteiger charge is 2.29. The first-order chi connectivity index (χ1) is 15.1. The van der Waals surface area contributed by atoms with Crippen LogP contribution in [0.3, 0.4) is 0 Å². The first kappa shape index (κ1) is 15.9. The number of hydrogen-bond donors (Lipinski definition) is 2. The summed E-state index contributed by atoms with van der Waals surface area (Å²) in [7, 11) is 0. The maximum absolute atomic E-state index is 13.4. The van der Waals surface area contributed by atoms with Gasteiger partial charge in [-0.3, -0.25) is 14.3 Å². The molecule has 8 nitrogen and oxygen atoms in total. The summed E-state index contributed by atoms with van der Waals surface area (Å²) >= 11 is 5.96. The number of aliphatic hydroxyl groups is 1. The van der Waals surface area contributed by atoms with Crippen molar-refractivity contribution in [1.82, 2.24) is 24.9 Å². The lowest BCUT2D eigenvalue weighted by Crippen LogP contribution is -2.43. The van der Waals surface area contributed by atoms with Crippen molar-refractivity contribution in [3.05, 3.63) is 63.8 Å². The van der Waals surface area contributed by atoms with E-state index in [0.29, 0.717) is 23.4 Å². The Kier molecular flexibility index (Phi) is 4.28. The molecular formula is C20H20ClN5O3. The highest BCUT2D eigenvalue weighted by molar-refractivity contribution is 6.30. The topological polar surface area (TPSA) is 102 Å². The molecule has 2 N–H and O–H groups in total. The lowest BCUT2D eigenvalue weighted by atomic mass is 10.0. The maximum atomic E-state index is 13.4. The molecule has 0 spiro atoms. The first-order valence-corrected chi connectivity index (χ1v) is 9.45. The van der Waals surface area contributed by atoms with E-state index in [1.165, 1.54) is 12.4 Å². The van der Waals surface area contributed by atoms with Crippen LogP contribution in [0.4, 0.5) is 0 Å². The number of amides is 1. The Morgan fingerprint density at radius 2 is 2.07 bits per heavy atom. The highest BCUT2D eigenvalue weighted by atomic mass is 35.5. The number of carbonyl (C=O) groups is 1. The summed E-state index contributed by atoms with van der Waals surface area (Å²) < 4.78 is 24.0. The molecule has 29 heavy (non-hydrogen) atoms. The fraction of sp³-hybridized carbons (Fsp3) is 0.300. The monoisotopic (exact) mass is 416 g/mol. The Morgan fingerprint density at radius 3 is 2.72 bits per heavy atom.